The van der Waals surface area contributed by atoms with E-state index in [-0.39, 0.29) is 17.5 Å². The van der Waals surface area contributed by atoms with Gasteiger partial charge in [-0.3, -0.25) is 4.68 Å². The third kappa shape index (κ3) is 4.78. The van der Waals surface area contributed by atoms with Gasteiger partial charge >= 0.3 is 12.1 Å². The number of aromatic carboxylic acids is 1. The summed E-state index contributed by atoms with van der Waals surface area (Å²) < 4.78 is 54.7. The standard InChI is InChI=1S/C23H20F4N2O2/c1-13-6-16(4-5-20(13)22(30)31)21-11-19(28-29(21)12-14-2-3-14)9-15-7-17(23(25,26)27)10-18(24)8-15/h4-8,10-11,14H,2-3,9,12H2,1H3,(H,30,31). The maximum absolute atomic E-state index is 13.8. The van der Waals surface area contributed by atoms with Gasteiger partial charge in [-0.15, -0.1) is 0 Å². The quantitative estimate of drug-likeness (QED) is 0.507. The minimum atomic E-state index is -4.63. The van der Waals surface area contributed by atoms with Crippen molar-refractivity contribution in [1.29, 1.82) is 0 Å². The Morgan fingerprint density at radius 3 is 2.52 bits per heavy atom. The van der Waals surface area contributed by atoms with Gasteiger partial charge in [0.05, 0.1) is 22.5 Å². The average Bonchev–Trinajstić information content (AvgIpc) is 3.39. The van der Waals surface area contributed by atoms with Gasteiger partial charge in [-0.2, -0.15) is 18.3 Å². The molecule has 31 heavy (non-hydrogen) atoms. The van der Waals surface area contributed by atoms with E-state index < -0.39 is 23.5 Å². The van der Waals surface area contributed by atoms with Crippen LogP contribution in [0.2, 0.25) is 0 Å². The van der Waals surface area contributed by atoms with Crippen LogP contribution in [0.1, 0.15) is 45.6 Å². The van der Waals surface area contributed by atoms with Crippen LogP contribution in [0.3, 0.4) is 0 Å². The second kappa shape index (κ2) is 7.83. The molecule has 0 unspecified atom stereocenters. The van der Waals surface area contributed by atoms with Crippen molar-refractivity contribution in [2.24, 2.45) is 5.92 Å². The summed E-state index contributed by atoms with van der Waals surface area (Å²) in [5.41, 5.74) is 2.02. The molecule has 3 aromatic rings. The number of carbonyl (C=O) groups is 1. The molecule has 0 aliphatic heterocycles. The second-order valence-corrected chi connectivity index (χ2v) is 8.00. The lowest BCUT2D eigenvalue weighted by molar-refractivity contribution is -0.137. The Labute approximate surface area is 176 Å². The van der Waals surface area contributed by atoms with Crippen LogP contribution in [0, 0.1) is 18.7 Å². The molecule has 1 saturated carbocycles. The van der Waals surface area contributed by atoms with Crippen molar-refractivity contribution in [2.45, 2.75) is 38.9 Å². The number of aromatic nitrogens is 2. The number of aryl methyl sites for hydroxylation is 1. The summed E-state index contributed by atoms with van der Waals surface area (Å²) in [7, 11) is 0. The number of alkyl halides is 3. The number of benzene rings is 2. The zero-order valence-electron chi connectivity index (χ0n) is 16.7. The van der Waals surface area contributed by atoms with E-state index in [0.29, 0.717) is 29.8 Å². The van der Waals surface area contributed by atoms with Crippen LogP contribution in [0.25, 0.3) is 11.3 Å². The molecule has 1 aliphatic rings. The minimum Gasteiger partial charge on any atom is -0.478 e. The first-order valence-corrected chi connectivity index (χ1v) is 9.88. The third-order valence-electron chi connectivity index (χ3n) is 5.38. The first-order chi connectivity index (χ1) is 14.6. The zero-order valence-corrected chi connectivity index (χ0v) is 16.7. The van der Waals surface area contributed by atoms with Crippen LogP contribution in [0.15, 0.2) is 42.5 Å². The summed E-state index contributed by atoms with van der Waals surface area (Å²) in [6.07, 6.45) is -2.40. The Morgan fingerprint density at radius 1 is 1.16 bits per heavy atom. The lowest BCUT2D eigenvalue weighted by Crippen LogP contribution is -2.07. The summed E-state index contributed by atoms with van der Waals surface area (Å²) in [4.78, 5) is 11.3. The lowest BCUT2D eigenvalue weighted by atomic mass is 10.0. The Balaban J connectivity index is 1.69. The van der Waals surface area contributed by atoms with E-state index in [4.69, 9.17) is 0 Å². The molecule has 1 fully saturated rings. The zero-order chi connectivity index (χ0) is 22.3. The van der Waals surface area contributed by atoms with Crippen LogP contribution >= 0.6 is 0 Å². The highest BCUT2D eigenvalue weighted by Gasteiger charge is 2.31. The molecule has 1 aromatic heterocycles. The van der Waals surface area contributed by atoms with Crippen LogP contribution in [-0.4, -0.2) is 20.9 Å². The van der Waals surface area contributed by atoms with Crippen molar-refractivity contribution >= 4 is 5.97 Å². The molecule has 4 nitrogen and oxygen atoms in total. The van der Waals surface area contributed by atoms with E-state index in [1.807, 2.05) is 4.68 Å². The number of carboxylic acid groups (broad SMARTS) is 1. The highest BCUT2D eigenvalue weighted by atomic mass is 19.4. The molecule has 1 aliphatic carbocycles. The molecule has 162 valence electrons. The number of hydrogen-bond donors (Lipinski definition) is 1. The molecule has 0 atom stereocenters. The normalized spacial score (nSPS) is 14.1. The Morgan fingerprint density at radius 2 is 1.90 bits per heavy atom. The van der Waals surface area contributed by atoms with Gasteiger partial charge in [0.1, 0.15) is 5.82 Å². The molecule has 2 aromatic carbocycles. The van der Waals surface area contributed by atoms with Crippen molar-refractivity contribution in [3.63, 3.8) is 0 Å². The summed E-state index contributed by atoms with van der Waals surface area (Å²) in [5, 5.41) is 13.8. The summed E-state index contributed by atoms with van der Waals surface area (Å²) in [5.74, 6) is -1.46. The van der Waals surface area contributed by atoms with Gasteiger partial charge in [-0.05, 0) is 73.2 Å². The van der Waals surface area contributed by atoms with Crippen LogP contribution < -0.4 is 0 Å². The fourth-order valence-electron chi connectivity index (χ4n) is 3.66. The van der Waals surface area contributed by atoms with Crippen molar-refractivity contribution in [1.82, 2.24) is 9.78 Å². The number of rotatable bonds is 6. The largest absolute Gasteiger partial charge is 0.478 e. The predicted molar refractivity (Wildman–Crippen MR) is 106 cm³/mol. The SMILES string of the molecule is Cc1cc(-c2cc(Cc3cc(F)cc(C(F)(F)F)c3)nn2CC2CC2)ccc1C(=O)O. The molecule has 0 bridgehead atoms. The van der Waals surface area contributed by atoms with E-state index in [9.17, 15) is 27.5 Å². The predicted octanol–water partition coefficient (Wildman–Crippen LogP) is 5.72. The molecular weight excluding hydrogens is 412 g/mol. The Bertz CT molecular complexity index is 1150. The maximum atomic E-state index is 13.8. The fourth-order valence-corrected chi connectivity index (χ4v) is 3.66. The molecule has 4 rings (SSSR count). The lowest BCUT2D eigenvalue weighted by Gasteiger charge is -2.09. The van der Waals surface area contributed by atoms with Gasteiger partial charge in [0, 0.05) is 18.5 Å². The minimum absolute atomic E-state index is 0.0533. The van der Waals surface area contributed by atoms with E-state index in [1.165, 1.54) is 6.07 Å². The number of halogens is 4. The fraction of sp³-hybridized carbons (Fsp3) is 0.304. The average molecular weight is 432 g/mol. The van der Waals surface area contributed by atoms with E-state index >= 15 is 0 Å². The third-order valence-corrected chi connectivity index (χ3v) is 5.38. The van der Waals surface area contributed by atoms with E-state index in [1.54, 1.807) is 25.1 Å². The summed E-state index contributed by atoms with van der Waals surface area (Å²) in [6, 6.07) is 9.27. The van der Waals surface area contributed by atoms with E-state index in [0.717, 1.165) is 36.2 Å². The number of hydrogen-bond acceptors (Lipinski definition) is 2. The van der Waals surface area contributed by atoms with Crippen LogP contribution in [0.4, 0.5) is 17.6 Å². The second-order valence-electron chi connectivity index (χ2n) is 8.00. The van der Waals surface area contributed by atoms with Gasteiger partial charge in [0.25, 0.3) is 0 Å². The summed E-state index contributed by atoms with van der Waals surface area (Å²) >= 11 is 0. The molecule has 0 saturated heterocycles. The Hall–Kier alpha value is -3.16. The van der Waals surface area contributed by atoms with Gasteiger partial charge in [-0.25, -0.2) is 9.18 Å². The number of nitrogens with zero attached hydrogens (tertiary/aromatic N) is 2. The molecule has 0 amide bonds. The molecular formula is C23H20F4N2O2. The first-order valence-electron chi connectivity index (χ1n) is 9.88. The van der Waals surface area contributed by atoms with Crippen molar-refractivity contribution in [3.05, 3.63) is 76.2 Å². The Kier molecular flexibility index (Phi) is 5.33. The van der Waals surface area contributed by atoms with Crippen LogP contribution in [0.5, 0.6) is 0 Å². The van der Waals surface area contributed by atoms with E-state index in [2.05, 4.69) is 5.10 Å². The molecule has 1 heterocycles. The molecule has 1 N–H and O–H groups in total. The first kappa shape index (κ1) is 21.1. The summed E-state index contributed by atoms with van der Waals surface area (Å²) in [6.45, 7) is 2.38. The molecule has 0 radical (unpaired) electrons. The van der Waals surface area contributed by atoms with Crippen molar-refractivity contribution in [3.8, 4) is 11.3 Å². The topological polar surface area (TPSA) is 55.1 Å². The molecule has 8 heteroatoms. The monoisotopic (exact) mass is 432 g/mol. The maximum Gasteiger partial charge on any atom is 0.416 e. The van der Waals surface area contributed by atoms with Crippen molar-refractivity contribution < 1.29 is 27.5 Å². The highest BCUT2D eigenvalue weighted by molar-refractivity contribution is 5.90. The number of carboxylic acids is 1. The highest BCUT2D eigenvalue weighted by Crippen LogP contribution is 2.34. The van der Waals surface area contributed by atoms with Gasteiger partial charge < -0.3 is 5.11 Å². The smallest absolute Gasteiger partial charge is 0.416 e. The van der Waals surface area contributed by atoms with Crippen LogP contribution in [-0.2, 0) is 19.1 Å². The van der Waals surface area contributed by atoms with Gasteiger partial charge in [-0.1, -0.05) is 6.07 Å². The van der Waals surface area contributed by atoms with Gasteiger partial charge in [0.2, 0.25) is 0 Å². The van der Waals surface area contributed by atoms with Crippen molar-refractivity contribution in [2.75, 3.05) is 0 Å². The molecule has 0 spiro atoms. The van der Waals surface area contributed by atoms with Gasteiger partial charge in [0.15, 0.2) is 0 Å².